The Morgan fingerprint density at radius 3 is 3.07 bits per heavy atom. The number of terminal acetylenes is 1. The van der Waals surface area contributed by atoms with Crippen LogP contribution in [0.1, 0.15) is 23.7 Å². The molecule has 1 atom stereocenters. The number of aromatic nitrogens is 2. The Bertz CT molecular complexity index is 363. The lowest BCUT2D eigenvalue weighted by Gasteiger charge is -2.09. The Hall–Kier alpha value is -1.96. The van der Waals surface area contributed by atoms with Gasteiger partial charge in [-0.2, -0.15) is 5.10 Å². The van der Waals surface area contributed by atoms with Gasteiger partial charge < -0.3 is 11.1 Å². The van der Waals surface area contributed by atoms with E-state index in [1.165, 1.54) is 6.20 Å². The summed E-state index contributed by atoms with van der Waals surface area (Å²) in [6, 6.07) is -0.267. The minimum Gasteiger partial charge on any atom is -0.383 e. The van der Waals surface area contributed by atoms with E-state index < -0.39 is 0 Å². The molecule has 5 heteroatoms. The van der Waals surface area contributed by atoms with Gasteiger partial charge in [0.05, 0.1) is 12.2 Å². The molecule has 1 rings (SSSR count). The SMILES string of the molecule is C#CC(CC)NC(=O)c1cn[nH]c1N. The van der Waals surface area contributed by atoms with Crippen LogP contribution in [0, 0.1) is 12.3 Å². The smallest absolute Gasteiger partial charge is 0.257 e. The Morgan fingerprint density at radius 2 is 2.64 bits per heavy atom. The van der Waals surface area contributed by atoms with Gasteiger partial charge in [-0.25, -0.2) is 0 Å². The second kappa shape index (κ2) is 4.33. The number of hydrogen-bond acceptors (Lipinski definition) is 3. The van der Waals surface area contributed by atoms with E-state index in [0.717, 1.165) is 0 Å². The van der Waals surface area contributed by atoms with Crippen LogP contribution in [-0.2, 0) is 0 Å². The maximum absolute atomic E-state index is 11.5. The summed E-state index contributed by atoms with van der Waals surface area (Å²) in [4.78, 5) is 11.5. The summed E-state index contributed by atoms with van der Waals surface area (Å²) in [6.07, 6.45) is 7.25. The lowest BCUT2D eigenvalue weighted by molar-refractivity contribution is 0.0946. The number of hydrogen-bond donors (Lipinski definition) is 3. The normalized spacial score (nSPS) is 11.7. The van der Waals surface area contributed by atoms with Gasteiger partial charge in [-0.1, -0.05) is 12.8 Å². The Labute approximate surface area is 82.1 Å². The molecule has 1 amide bonds. The molecule has 0 aliphatic rings. The molecule has 1 unspecified atom stereocenters. The van der Waals surface area contributed by atoms with E-state index in [9.17, 15) is 4.79 Å². The summed E-state index contributed by atoms with van der Waals surface area (Å²) in [5.41, 5.74) is 5.79. The first-order valence-electron chi connectivity index (χ1n) is 4.24. The van der Waals surface area contributed by atoms with Gasteiger partial charge in [-0.05, 0) is 6.42 Å². The first-order chi connectivity index (χ1) is 6.69. The molecule has 1 aromatic heterocycles. The molecule has 0 saturated heterocycles. The van der Waals surface area contributed by atoms with Crippen molar-refractivity contribution < 1.29 is 4.79 Å². The van der Waals surface area contributed by atoms with Crippen LogP contribution in [-0.4, -0.2) is 22.1 Å². The number of nitrogens with zero attached hydrogens (tertiary/aromatic N) is 1. The van der Waals surface area contributed by atoms with Gasteiger partial charge in [0.15, 0.2) is 0 Å². The van der Waals surface area contributed by atoms with Crippen molar-refractivity contribution in [3.8, 4) is 12.3 Å². The predicted molar refractivity (Wildman–Crippen MR) is 53.4 cm³/mol. The second-order valence-corrected chi connectivity index (χ2v) is 2.80. The highest BCUT2D eigenvalue weighted by Gasteiger charge is 2.13. The maximum Gasteiger partial charge on any atom is 0.257 e. The van der Waals surface area contributed by atoms with Crippen molar-refractivity contribution in [1.82, 2.24) is 15.5 Å². The summed E-state index contributed by atoms with van der Waals surface area (Å²) in [5, 5.41) is 8.76. The minimum atomic E-state index is -0.305. The van der Waals surface area contributed by atoms with Crippen LogP contribution >= 0.6 is 0 Å². The van der Waals surface area contributed by atoms with Gasteiger partial charge in [0.1, 0.15) is 11.4 Å². The van der Waals surface area contributed by atoms with Gasteiger partial charge >= 0.3 is 0 Å². The molecular weight excluding hydrogens is 180 g/mol. The summed E-state index contributed by atoms with van der Waals surface area (Å²) in [5.74, 6) is 2.40. The van der Waals surface area contributed by atoms with Gasteiger partial charge in [-0.15, -0.1) is 6.42 Å². The van der Waals surface area contributed by atoms with E-state index in [1.807, 2.05) is 6.92 Å². The third-order valence-corrected chi connectivity index (χ3v) is 1.83. The van der Waals surface area contributed by atoms with Crippen LogP contribution in [0.5, 0.6) is 0 Å². The van der Waals surface area contributed by atoms with E-state index in [4.69, 9.17) is 12.2 Å². The molecule has 0 aliphatic heterocycles. The number of nitrogens with two attached hydrogens (primary N) is 1. The fourth-order valence-electron chi connectivity index (χ4n) is 0.975. The molecule has 0 fully saturated rings. The topological polar surface area (TPSA) is 83.8 Å². The van der Waals surface area contributed by atoms with Gasteiger partial charge in [0, 0.05) is 0 Å². The summed E-state index contributed by atoms with van der Waals surface area (Å²) < 4.78 is 0. The number of rotatable bonds is 3. The Kier molecular flexibility index (Phi) is 3.13. The number of carbonyl (C=O) groups excluding carboxylic acids is 1. The van der Waals surface area contributed by atoms with E-state index in [0.29, 0.717) is 12.0 Å². The Morgan fingerprint density at radius 1 is 1.93 bits per heavy atom. The van der Waals surface area contributed by atoms with Crippen LogP contribution in [0.25, 0.3) is 0 Å². The fourth-order valence-corrected chi connectivity index (χ4v) is 0.975. The molecule has 74 valence electrons. The van der Waals surface area contributed by atoms with E-state index >= 15 is 0 Å². The zero-order chi connectivity index (χ0) is 10.6. The van der Waals surface area contributed by atoms with E-state index in [-0.39, 0.29) is 17.8 Å². The number of amides is 1. The van der Waals surface area contributed by atoms with Crippen molar-refractivity contribution in [3.05, 3.63) is 11.8 Å². The first-order valence-corrected chi connectivity index (χ1v) is 4.24. The Balaban J connectivity index is 2.69. The highest BCUT2D eigenvalue weighted by Crippen LogP contribution is 2.05. The standard InChI is InChI=1S/C9H12N4O/c1-3-6(4-2)12-9(14)7-5-11-13-8(7)10/h1,5-6H,4H2,2H3,(H,12,14)(H3,10,11,13). The van der Waals surface area contributed by atoms with Gasteiger partial charge in [0.2, 0.25) is 0 Å². The minimum absolute atomic E-state index is 0.245. The molecule has 0 spiro atoms. The molecular formula is C9H12N4O. The van der Waals surface area contributed by atoms with Crippen LogP contribution in [0.2, 0.25) is 0 Å². The molecule has 0 radical (unpaired) electrons. The summed E-state index contributed by atoms with van der Waals surface area (Å²) in [7, 11) is 0. The molecule has 1 aromatic rings. The summed E-state index contributed by atoms with van der Waals surface area (Å²) in [6.45, 7) is 1.89. The third kappa shape index (κ3) is 2.04. The first kappa shape index (κ1) is 10.1. The number of H-pyrrole nitrogens is 1. The zero-order valence-corrected chi connectivity index (χ0v) is 7.87. The van der Waals surface area contributed by atoms with Crippen LogP contribution in [0.3, 0.4) is 0 Å². The number of nitrogen functional groups attached to an aromatic ring is 1. The molecule has 5 nitrogen and oxygen atoms in total. The molecule has 0 aromatic carbocycles. The monoisotopic (exact) mass is 192 g/mol. The van der Waals surface area contributed by atoms with Crippen LogP contribution in [0.4, 0.5) is 5.82 Å². The number of anilines is 1. The highest BCUT2D eigenvalue weighted by molar-refractivity contribution is 5.98. The van der Waals surface area contributed by atoms with Crippen molar-refractivity contribution in [1.29, 1.82) is 0 Å². The summed E-state index contributed by atoms with van der Waals surface area (Å²) >= 11 is 0. The van der Waals surface area contributed by atoms with Crippen molar-refractivity contribution in [2.45, 2.75) is 19.4 Å². The number of nitrogens with one attached hydrogen (secondary N) is 2. The highest BCUT2D eigenvalue weighted by atomic mass is 16.1. The van der Waals surface area contributed by atoms with Crippen molar-refractivity contribution >= 4 is 11.7 Å². The molecule has 0 bridgehead atoms. The second-order valence-electron chi connectivity index (χ2n) is 2.80. The molecule has 1 heterocycles. The maximum atomic E-state index is 11.5. The van der Waals surface area contributed by atoms with E-state index in [1.54, 1.807) is 0 Å². The molecule has 0 aliphatic carbocycles. The zero-order valence-electron chi connectivity index (χ0n) is 7.87. The van der Waals surface area contributed by atoms with Crippen LogP contribution < -0.4 is 11.1 Å². The van der Waals surface area contributed by atoms with Gasteiger partial charge in [0.25, 0.3) is 5.91 Å². The average molecular weight is 192 g/mol. The largest absolute Gasteiger partial charge is 0.383 e. The van der Waals surface area contributed by atoms with Crippen molar-refractivity contribution in [2.24, 2.45) is 0 Å². The molecule has 0 saturated carbocycles. The number of aromatic amines is 1. The van der Waals surface area contributed by atoms with Crippen LogP contribution in [0.15, 0.2) is 6.20 Å². The average Bonchev–Trinajstić information content (AvgIpc) is 2.60. The quantitative estimate of drug-likeness (QED) is 0.595. The van der Waals surface area contributed by atoms with Gasteiger partial charge in [-0.3, -0.25) is 9.89 Å². The lowest BCUT2D eigenvalue weighted by atomic mass is 10.2. The lowest BCUT2D eigenvalue weighted by Crippen LogP contribution is -2.33. The number of carbonyl (C=O) groups is 1. The molecule has 4 N–H and O–H groups in total. The van der Waals surface area contributed by atoms with E-state index in [2.05, 4.69) is 21.4 Å². The fraction of sp³-hybridized carbons (Fsp3) is 0.333. The third-order valence-electron chi connectivity index (χ3n) is 1.83. The predicted octanol–water partition coefficient (Wildman–Crippen LogP) is 0.133. The van der Waals surface area contributed by atoms with Crippen molar-refractivity contribution in [2.75, 3.05) is 5.73 Å². The van der Waals surface area contributed by atoms with Crippen molar-refractivity contribution in [3.63, 3.8) is 0 Å². The molecule has 14 heavy (non-hydrogen) atoms.